The van der Waals surface area contributed by atoms with Crippen molar-refractivity contribution in [3.8, 4) is 11.3 Å². The van der Waals surface area contributed by atoms with E-state index in [9.17, 15) is 14.0 Å². The highest BCUT2D eigenvalue weighted by Gasteiger charge is 2.16. The SMILES string of the molecule is COC(=O)c1sccc1NC(=O)CN(C)CCCc1cc(-c2ccc(F)cc2)n[nH]1. The number of carbonyl (C=O) groups is 2. The average molecular weight is 431 g/mol. The minimum atomic E-state index is -0.465. The summed E-state index contributed by atoms with van der Waals surface area (Å²) in [6.45, 7) is 0.923. The van der Waals surface area contributed by atoms with Gasteiger partial charge in [-0.2, -0.15) is 5.10 Å². The Hall–Kier alpha value is -3.04. The minimum absolute atomic E-state index is 0.193. The predicted octanol–water partition coefficient (Wildman–Crippen LogP) is 3.57. The van der Waals surface area contributed by atoms with Crippen molar-refractivity contribution < 1.29 is 18.7 Å². The molecule has 7 nitrogen and oxygen atoms in total. The smallest absolute Gasteiger partial charge is 0.350 e. The van der Waals surface area contributed by atoms with Crippen LogP contribution < -0.4 is 5.32 Å². The molecule has 0 aliphatic carbocycles. The summed E-state index contributed by atoms with van der Waals surface area (Å²) in [6.07, 6.45) is 1.61. The molecule has 2 heterocycles. The molecule has 0 saturated heterocycles. The van der Waals surface area contributed by atoms with E-state index in [-0.39, 0.29) is 18.3 Å². The molecule has 0 spiro atoms. The number of nitrogens with one attached hydrogen (secondary N) is 2. The van der Waals surface area contributed by atoms with Crippen molar-refractivity contribution in [3.63, 3.8) is 0 Å². The quantitative estimate of drug-likeness (QED) is 0.507. The van der Waals surface area contributed by atoms with Crippen LogP contribution in [-0.4, -0.2) is 54.2 Å². The van der Waals surface area contributed by atoms with Gasteiger partial charge in [0.15, 0.2) is 0 Å². The fraction of sp³-hybridized carbons (Fsp3) is 0.286. The Balaban J connectivity index is 1.43. The second kappa shape index (κ2) is 10.1. The third kappa shape index (κ3) is 5.74. The lowest BCUT2D eigenvalue weighted by Gasteiger charge is -2.16. The fourth-order valence-corrected chi connectivity index (χ4v) is 3.74. The van der Waals surface area contributed by atoms with Gasteiger partial charge in [0, 0.05) is 11.3 Å². The van der Waals surface area contributed by atoms with E-state index in [0.717, 1.165) is 29.8 Å². The van der Waals surface area contributed by atoms with Crippen molar-refractivity contribution in [2.24, 2.45) is 0 Å². The number of anilines is 1. The van der Waals surface area contributed by atoms with Gasteiger partial charge in [0.2, 0.25) is 5.91 Å². The van der Waals surface area contributed by atoms with Crippen molar-refractivity contribution in [2.45, 2.75) is 12.8 Å². The van der Waals surface area contributed by atoms with Crippen LogP contribution in [0.1, 0.15) is 21.8 Å². The number of thiophene rings is 1. The van der Waals surface area contributed by atoms with Crippen molar-refractivity contribution in [1.29, 1.82) is 0 Å². The Morgan fingerprint density at radius 1 is 1.27 bits per heavy atom. The number of aromatic amines is 1. The maximum atomic E-state index is 13.0. The van der Waals surface area contributed by atoms with E-state index in [1.54, 1.807) is 23.6 Å². The maximum absolute atomic E-state index is 13.0. The number of rotatable bonds is 9. The molecular weight excluding hydrogens is 407 g/mol. The zero-order chi connectivity index (χ0) is 21.5. The number of amides is 1. The van der Waals surface area contributed by atoms with E-state index in [4.69, 9.17) is 4.74 Å². The first-order chi connectivity index (χ1) is 14.5. The number of hydrogen-bond donors (Lipinski definition) is 2. The number of hydrogen-bond acceptors (Lipinski definition) is 6. The third-order valence-electron chi connectivity index (χ3n) is 4.48. The molecule has 9 heteroatoms. The Morgan fingerprint density at radius 3 is 2.77 bits per heavy atom. The van der Waals surface area contributed by atoms with Crippen molar-refractivity contribution >= 4 is 28.9 Å². The molecule has 30 heavy (non-hydrogen) atoms. The highest BCUT2D eigenvalue weighted by atomic mass is 32.1. The Morgan fingerprint density at radius 2 is 2.03 bits per heavy atom. The van der Waals surface area contributed by atoms with Crippen molar-refractivity contribution in [3.05, 3.63) is 58.2 Å². The Bertz CT molecular complexity index is 1000. The van der Waals surface area contributed by atoms with E-state index in [1.807, 2.05) is 18.0 Å². The molecule has 2 aromatic heterocycles. The van der Waals surface area contributed by atoms with Crippen LogP contribution in [0, 0.1) is 5.82 Å². The molecule has 0 fully saturated rings. The number of esters is 1. The summed E-state index contributed by atoms with van der Waals surface area (Å²) in [5.41, 5.74) is 3.08. The molecule has 158 valence electrons. The van der Waals surface area contributed by atoms with Gasteiger partial charge in [-0.15, -0.1) is 11.3 Å². The summed E-state index contributed by atoms with van der Waals surface area (Å²) in [6, 6.07) is 9.85. The molecular formula is C21H23FN4O3S. The summed E-state index contributed by atoms with van der Waals surface area (Å²) < 4.78 is 17.7. The van der Waals surface area contributed by atoms with Gasteiger partial charge in [0.05, 0.1) is 25.0 Å². The van der Waals surface area contributed by atoms with Gasteiger partial charge < -0.3 is 10.1 Å². The zero-order valence-corrected chi connectivity index (χ0v) is 17.6. The average Bonchev–Trinajstić information content (AvgIpc) is 3.37. The number of nitrogens with zero attached hydrogens (tertiary/aromatic N) is 2. The van der Waals surface area contributed by atoms with E-state index in [0.29, 0.717) is 17.1 Å². The van der Waals surface area contributed by atoms with Gasteiger partial charge in [-0.25, -0.2) is 9.18 Å². The highest BCUT2D eigenvalue weighted by molar-refractivity contribution is 7.12. The van der Waals surface area contributed by atoms with Gasteiger partial charge in [0.25, 0.3) is 0 Å². The number of H-pyrrole nitrogens is 1. The van der Waals surface area contributed by atoms with Gasteiger partial charge in [-0.05, 0) is 68.2 Å². The van der Waals surface area contributed by atoms with Gasteiger partial charge in [0.1, 0.15) is 10.7 Å². The number of methoxy groups -OCH3 is 1. The first-order valence-corrected chi connectivity index (χ1v) is 10.3. The molecule has 0 atom stereocenters. The van der Waals surface area contributed by atoms with Gasteiger partial charge in [-0.1, -0.05) is 0 Å². The molecule has 2 N–H and O–H groups in total. The second-order valence-corrected chi connectivity index (χ2v) is 7.75. The van der Waals surface area contributed by atoms with Crippen molar-refractivity contribution in [2.75, 3.05) is 32.6 Å². The molecule has 0 bridgehead atoms. The minimum Gasteiger partial charge on any atom is -0.465 e. The number of likely N-dealkylation sites (N-methyl/N-ethyl adjacent to an activating group) is 1. The molecule has 0 radical (unpaired) electrons. The zero-order valence-electron chi connectivity index (χ0n) is 16.8. The molecule has 0 unspecified atom stereocenters. The summed E-state index contributed by atoms with van der Waals surface area (Å²) >= 11 is 1.22. The van der Waals surface area contributed by atoms with Crippen LogP contribution in [0.2, 0.25) is 0 Å². The summed E-state index contributed by atoms with van der Waals surface area (Å²) in [5.74, 6) is -0.934. The third-order valence-corrected chi connectivity index (χ3v) is 5.37. The lowest BCUT2D eigenvalue weighted by Crippen LogP contribution is -2.31. The monoisotopic (exact) mass is 430 g/mol. The molecule has 3 aromatic rings. The lowest BCUT2D eigenvalue weighted by molar-refractivity contribution is -0.117. The largest absolute Gasteiger partial charge is 0.465 e. The van der Waals surface area contributed by atoms with Gasteiger partial charge >= 0.3 is 5.97 Å². The predicted molar refractivity (Wildman–Crippen MR) is 114 cm³/mol. The van der Waals surface area contributed by atoms with Gasteiger partial charge in [-0.3, -0.25) is 14.8 Å². The number of halogens is 1. The first kappa shape index (κ1) is 21.7. The summed E-state index contributed by atoms with van der Waals surface area (Å²) in [4.78, 5) is 26.2. The van der Waals surface area contributed by atoms with Crippen molar-refractivity contribution in [1.82, 2.24) is 15.1 Å². The number of aryl methyl sites for hydroxylation is 1. The van der Waals surface area contributed by atoms with E-state index in [1.165, 1.54) is 30.6 Å². The van der Waals surface area contributed by atoms with E-state index in [2.05, 4.69) is 15.5 Å². The standard InChI is InChI=1S/C21H23FN4O3S/c1-26(13-19(27)23-17-9-11-30-20(17)21(28)29-2)10-3-4-16-12-18(25-24-16)14-5-7-15(22)8-6-14/h5-9,11-12H,3-4,10,13H2,1-2H3,(H,23,27)(H,24,25). The molecule has 0 saturated carbocycles. The molecule has 0 aliphatic rings. The summed E-state index contributed by atoms with van der Waals surface area (Å²) in [7, 11) is 3.18. The Kier molecular flexibility index (Phi) is 7.31. The number of carbonyl (C=O) groups excluding carboxylic acids is 2. The Labute approximate surface area is 177 Å². The first-order valence-electron chi connectivity index (χ1n) is 9.40. The lowest BCUT2D eigenvalue weighted by atomic mass is 10.1. The molecule has 3 rings (SSSR count). The molecule has 1 aromatic carbocycles. The van der Waals surface area contributed by atoms with E-state index >= 15 is 0 Å². The number of benzene rings is 1. The molecule has 1 amide bonds. The van der Waals surface area contributed by atoms with Crippen LogP contribution in [-0.2, 0) is 16.0 Å². The van der Waals surface area contributed by atoms with E-state index < -0.39 is 5.97 Å². The fourth-order valence-electron chi connectivity index (χ4n) is 2.97. The summed E-state index contributed by atoms with van der Waals surface area (Å²) in [5, 5.41) is 11.8. The molecule has 0 aliphatic heterocycles. The number of aromatic nitrogens is 2. The maximum Gasteiger partial charge on any atom is 0.350 e. The van der Waals surface area contributed by atoms with Crippen LogP contribution >= 0.6 is 11.3 Å². The highest BCUT2D eigenvalue weighted by Crippen LogP contribution is 2.23. The number of ether oxygens (including phenoxy) is 1. The van der Waals surface area contributed by atoms with Crippen LogP contribution in [0.15, 0.2) is 41.8 Å². The van der Waals surface area contributed by atoms with Crippen LogP contribution in [0.4, 0.5) is 10.1 Å². The van der Waals surface area contributed by atoms with Crippen LogP contribution in [0.3, 0.4) is 0 Å². The van der Waals surface area contributed by atoms with Crippen LogP contribution in [0.5, 0.6) is 0 Å². The normalized spacial score (nSPS) is 10.9. The topological polar surface area (TPSA) is 87.3 Å². The second-order valence-electron chi connectivity index (χ2n) is 6.83. The van der Waals surface area contributed by atoms with Crippen LogP contribution in [0.25, 0.3) is 11.3 Å².